The van der Waals surface area contributed by atoms with Gasteiger partial charge in [0.15, 0.2) is 0 Å². The molecule has 0 aliphatic heterocycles. The number of rotatable bonds is 5. The molecule has 2 heterocycles. The highest BCUT2D eigenvalue weighted by Crippen LogP contribution is 2.22. The van der Waals surface area contributed by atoms with Gasteiger partial charge >= 0.3 is 0 Å². The van der Waals surface area contributed by atoms with Gasteiger partial charge < -0.3 is 16.0 Å². The summed E-state index contributed by atoms with van der Waals surface area (Å²) in [4.78, 5) is 19.8. The van der Waals surface area contributed by atoms with Crippen molar-refractivity contribution in [3.05, 3.63) is 51.1 Å². The van der Waals surface area contributed by atoms with Crippen molar-refractivity contribution in [3.63, 3.8) is 0 Å². The lowest BCUT2D eigenvalue weighted by molar-refractivity contribution is 0.0946. The Morgan fingerprint density at radius 2 is 2.17 bits per heavy atom. The van der Waals surface area contributed by atoms with Crippen molar-refractivity contribution in [1.82, 2.24) is 15.3 Å². The van der Waals surface area contributed by atoms with Crippen LogP contribution in [0.5, 0.6) is 0 Å². The van der Waals surface area contributed by atoms with Crippen LogP contribution in [0.15, 0.2) is 23.6 Å². The van der Waals surface area contributed by atoms with Gasteiger partial charge in [0.2, 0.25) is 0 Å². The van der Waals surface area contributed by atoms with Crippen LogP contribution >= 0.6 is 23.7 Å². The third-order valence-corrected chi connectivity index (χ3v) is 4.88. The van der Waals surface area contributed by atoms with Crippen LogP contribution in [-0.2, 0) is 13.0 Å². The van der Waals surface area contributed by atoms with E-state index < -0.39 is 0 Å². The molecule has 0 saturated heterocycles. The fourth-order valence-electron chi connectivity index (χ4n) is 2.54. The number of aromatic amines is 1. The number of amides is 1. The lowest BCUT2D eigenvalue weighted by Crippen LogP contribution is -2.23. The van der Waals surface area contributed by atoms with Gasteiger partial charge in [-0.1, -0.05) is 6.07 Å². The minimum Gasteiger partial charge on any atom is -0.358 e. The third-order valence-electron chi connectivity index (χ3n) is 3.97. The molecule has 128 valence electrons. The highest BCUT2D eigenvalue weighted by atomic mass is 35.5. The number of nitrogens with one attached hydrogen (secondary N) is 2. The number of halogens is 1. The van der Waals surface area contributed by atoms with Gasteiger partial charge in [0, 0.05) is 34.9 Å². The zero-order valence-corrected chi connectivity index (χ0v) is 15.3. The Balaban J connectivity index is 0.00000208. The number of aromatic nitrogens is 2. The minimum absolute atomic E-state index is 0. The molecule has 0 saturated carbocycles. The summed E-state index contributed by atoms with van der Waals surface area (Å²) in [6, 6.07) is 6.20. The van der Waals surface area contributed by atoms with Crippen molar-refractivity contribution in [1.29, 1.82) is 0 Å². The molecule has 24 heavy (non-hydrogen) atoms. The van der Waals surface area contributed by atoms with E-state index in [1.165, 1.54) is 28.0 Å². The average molecular weight is 365 g/mol. The first kappa shape index (κ1) is 18.4. The average Bonchev–Trinajstić information content (AvgIpc) is 3.11. The van der Waals surface area contributed by atoms with E-state index in [-0.39, 0.29) is 18.3 Å². The minimum atomic E-state index is -0.147. The van der Waals surface area contributed by atoms with Gasteiger partial charge in [-0.25, -0.2) is 4.98 Å². The number of nitrogens with two attached hydrogens (primary N) is 1. The van der Waals surface area contributed by atoms with E-state index in [4.69, 9.17) is 5.73 Å². The Labute approximate surface area is 151 Å². The van der Waals surface area contributed by atoms with Crippen molar-refractivity contribution in [2.75, 3.05) is 6.54 Å². The summed E-state index contributed by atoms with van der Waals surface area (Å²) >= 11 is 1.47. The summed E-state index contributed by atoms with van der Waals surface area (Å²) < 4.78 is 0. The lowest BCUT2D eigenvalue weighted by Gasteiger charge is -2.04. The predicted molar refractivity (Wildman–Crippen MR) is 101 cm³/mol. The Bertz CT molecular complexity index is 856. The van der Waals surface area contributed by atoms with E-state index in [0.29, 0.717) is 25.2 Å². The molecule has 0 aliphatic rings. The number of carbonyl (C=O) groups is 1. The Kier molecular flexibility index (Phi) is 5.99. The number of hydrogen-bond acceptors (Lipinski definition) is 4. The normalized spacial score (nSPS) is 10.6. The number of H-pyrrole nitrogens is 1. The number of fused-ring (bicyclic) bond motifs is 1. The molecule has 1 amide bonds. The summed E-state index contributed by atoms with van der Waals surface area (Å²) in [7, 11) is 0. The molecule has 5 nitrogen and oxygen atoms in total. The van der Waals surface area contributed by atoms with Crippen LogP contribution in [0.25, 0.3) is 10.9 Å². The fourth-order valence-corrected chi connectivity index (χ4v) is 3.34. The number of thiazole rings is 1. The topological polar surface area (TPSA) is 83.8 Å². The second-order valence-corrected chi connectivity index (χ2v) is 6.55. The monoisotopic (exact) mass is 364 g/mol. The fraction of sp³-hybridized carbons (Fsp3) is 0.294. The highest BCUT2D eigenvalue weighted by molar-refractivity contribution is 7.09. The van der Waals surface area contributed by atoms with Gasteiger partial charge in [0.25, 0.3) is 5.91 Å². The van der Waals surface area contributed by atoms with E-state index in [0.717, 1.165) is 16.1 Å². The van der Waals surface area contributed by atoms with E-state index in [1.54, 1.807) is 5.38 Å². The molecule has 4 N–H and O–H groups in total. The van der Waals surface area contributed by atoms with Gasteiger partial charge in [-0.05, 0) is 43.7 Å². The Morgan fingerprint density at radius 3 is 2.92 bits per heavy atom. The molecule has 0 atom stereocenters. The van der Waals surface area contributed by atoms with Gasteiger partial charge in [-0.3, -0.25) is 4.79 Å². The van der Waals surface area contributed by atoms with Gasteiger partial charge in [-0.15, -0.1) is 23.7 Å². The molecule has 1 aromatic carbocycles. The first-order chi connectivity index (χ1) is 11.1. The number of carbonyl (C=O) groups excluding carboxylic acids is 1. The molecular formula is C17H21ClN4OS. The van der Waals surface area contributed by atoms with Crippen LogP contribution in [0.1, 0.15) is 32.3 Å². The summed E-state index contributed by atoms with van der Waals surface area (Å²) in [6.45, 7) is 5.20. The zero-order chi connectivity index (χ0) is 16.4. The highest BCUT2D eigenvalue weighted by Gasteiger charge is 2.11. The standard InChI is InChI=1S/C17H20N4OS.ClH/c1-10-11(2)20-14-4-3-12(7-13(10)14)8-19-17(22)15-9-23-16(21-15)5-6-18;/h3-4,7,9,20H,5-6,8,18H2,1-2H3,(H,19,22);1H. The maximum atomic E-state index is 12.2. The van der Waals surface area contributed by atoms with E-state index in [1.807, 2.05) is 6.07 Å². The summed E-state index contributed by atoms with van der Waals surface area (Å²) in [5.41, 5.74) is 10.6. The summed E-state index contributed by atoms with van der Waals surface area (Å²) in [6.07, 6.45) is 0.709. The predicted octanol–water partition coefficient (Wildman–Crippen LogP) is 3.09. The van der Waals surface area contributed by atoms with Gasteiger partial charge in [0.1, 0.15) is 5.69 Å². The second kappa shape index (κ2) is 7.79. The summed E-state index contributed by atoms with van der Waals surface area (Å²) in [5, 5.41) is 6.81. The van der Waals surface area contributed by atoms with Crippen molar-refractivity contribution < 1.29 is 4.79 Å². The van der Waals surface area contributed by atoms with Crippen molar-refractivity contribution in [3.8, 4) is 0 Å². The first-order valence-electron chi connectivity index (χ1n) is 7.59. The van der Waals surface area contributed by atoms with Crippen LogP contribution in [0.3, 0.4) is 0 Å². The molecule has 3 aromatic rings. The Hall–Kier alpha value is -1.89. The smallest absolute Gasteiger partial charge is 0.271 e. The lowest BCUT2D eigenvalue weighted by atomic mass is 10.1. The third kappa shape index (κ3) is 3.77. The Morgan fingerprint density at radius 1 is 1.38 bits per heavy atom. The van der Waals surface area contributed by atoms with Crippen LogP contribution in [0.2, 0.25) is 0 Å². The maximum absolute atomic E-state index is 12.2. The number of benzene rings is 1. The van der Waals surface area contributed by atoms with Crippen molar-refractivity contribution in [2.45, 2.75) is 26.8 Å². The SMILES string of the molecule is Cc1[nH]c2ccc(CNC(=O)c3csc(CCN)n3)cc2c1C.Cl. The molecule has 0 unspecified atom stereocenters. The van der Waals surface area contributed by atoms with E-state index >= 15 is 0 Å². The molecule has 0 aliphatic carbocycles. The van der Waals surface area contributed by atoms with Crippen molar-refractivity contribution >= 4 is 40.6 Å². The number of aryl methyl sites for hydroxylation is 2. The summed E-state index contributed by atoms with van der Waals surface area (Å²) in [5.74, 6) is -0.147. The molecule has 0 radical (unpaired) electrons. The van der Waals surface area contributed by atoms with E-state index in [2.05, 4.69) is 41.3 Å². The van der Waals surface area contributed by atoms with Crippen LogP contribution < -0.4 is 11.1 Å². The molecule has 0 bridgehead atoms. The molecule has 3 rings (SSSR count). The van der Waals surface area contributed by atoms with Crippen LogP contribution in [0.4, 0.5) is 0 Å². The quantitative estimate of drug-likeness (QED) is 0.650. The van der Waals surface area contributed by atoms with Crippen LogP contribution in [-0.4, -0.2) is 22.4 Å². The molecule has 0 fully saturated rings. The molecule has 7 heteroatoms. The van der Waals surface area contributed by atoms with Crippen molar-refractivity contribution in [2.24, 2.45) is 5.73 Å². The molecule has 0 spiro atoms. The first-order valence-corrected chi connectivity index (χ1v) is 8.47. The molecule has 2 aromatic heterocycles. The second-order valence-electron chi connectivity index (χ2n) is 5.60. The zero-order valence-electron chi connectivity index (χ0n) is 13.7. The van der Waals surface area contributed by atoms with E-state index in [9.17, 15) is 4.79 Å². The van der Waals surface area contributed by atoms with Gasteiger partial charge in [-0.2, -0.15) is 0 Å². The molecular weight excluding hydrogens is 344 g/mol. The largest absolute Gasteiger partial charge is 0.358 e. The number of nitrogens with zero attached hydrogens (tertiary/aromatic N) is 1. The maximum Gasteiger partial charge on any atom is 0.271 e. The van der Waals surface area contributed by atoms with Gasteiger partial charge in [0.05, 0.1) is 5.01 Å². The number of hydrogen-bond donors (Lipinski definition) is 3. The van der Waals surface area contributed by atoms with Crippen LogP contribution in [0, 0.1) is 13.8 Å².